The van der Waals surface area contributed by atoms with Crippen molar-refractivity contribution in [1.29, 1.82) is 0 Å². The van der Waals surface area contributed by atoms with Crippen molar-refractivity contribution in [3.8, 4) is 0 Å². The van der Waals surface area contributed by atoms with Crippen molar-refractivity contribution in [2.75, 3.05) is 39.6 Å². The summed E-state index contributed by atoms with van der Waals surface area (Å²) < 4.78 is 68.2. The highest BCUT2D eigenvalue weighted by Crippen LogP contribution is 2.45. The first-order valence-corrected chi connectivity index (χ1v) is 40.3. The van der Waals surface area contributed by atoms with Crippen LogP contribution in [-0.4, -0.2) is 96.7 Å². The van der Waals surface area contributed by atoms with Gasteiger partial charge in [0.1, 0.15) is 19.3 Å². The summed E-state index contributed by atoms with van der Waals surface area (Å²) in [6.07, 6.45) is 54.2. The molecule has 0 aromatic carbocycles. The lowest BCUT2D eigenvalue weighted by Gasteiger charge is -2.21. The fraction of sp³-hybridized carbons (Fsp3) is 0.944. The first-order chi connectivity index (χ1) is 43.7. The molecule has 0 radical (unpaired) electrons. The van der Waals surface area contributed by atoms with Gasteiger partial charge in [0.2, 0.25) is 0 Å². The van der Waals surface area contributed by atoms with Crippen LogP contribution in [0.1, 0.15) is 374 Å². The van der Waals surface area contributed by atoms with Crippen LogP contribution in [0.5, 0.6) is 0 Å². The lowest BCUT2D eigenvalue weighted by Crippen LogP contribution is -2.30. The van der Waals surface area contributed by atoms with Gasteiger partial charge in [0.25, 0.3) is 0 Å². The summed E-state index contributed by atoms with van der Waals surface area (Å²) in [5, 5.41) is 10.6. The highest BCUT2D eigenvalue weighted by atomic mass is 31.2. The number of aliphatic hydroxyl groups excluding tert-OH is 1. The zero-order chi connectivity index (χ0) is 66.1. The van der Waals surface area contributed by atoms with Crippen LogP contribution in [0.3, 0.4) is 0 Å². The minimum atomic E-state index is -4.95. The largest absolute Gasteiger partial charge is 0.472 e. The smallest absolute Gasteiger partial charge is 0.462 e. The number of hydrogen-bond donors (Lipinski definition) is 3. The molecule has 19 heteroatoms. The molecule has 534 valence electrons. The van der Waals surface area contributed by atoms with Crippen molar-refractivity contribution in [3.63, 3.8) is 0 Å². The third-order valence-electron chi connectivity index (χ3n) is 16.6. The lowest BCUT2D eigenvalue weighted by molar-refractivity contribution is -0.161. The molecule has 0 amide bonds. The van der Waals surface area contributed by atoms with E-state index in [0.29, 0.717) is 25.7 Å². The van der Waals surface area contributed by atoms with Gasteiger partial charge < -0.3 is 33.8 Å². The summed E-state index contributed by atoms with van der Waals surface area (Å²) in [4.78, 5) is 72.4. The van der Waals surface area contributed by atoms with Gasteiger partial charge in [-0.3, -0.25) is 37.3 Å². The Labute approximate surface area is 549 Å². The minimum absolute atomic E-state index is 0.106. The maximum atomic E-state index is 13.0. The van der Waals surface area contributed by atoms with Gasteiger partial charge in [-0.1, -0.05) is 323 Å². The van der Waals surface area contributed by atoms with Gasteiger partial charge in [-0.2, -0.15) is 0 Å². The lowest BCUT2D eigenvalue weighted by atomic mass is 10.0. The maximum absolute atomic E-state index is 13.0. The van der Waals surface area contributed by atoms with Gasteiger partial charge >= 0.3 is 39.5 Å². The van der Waals surface area contributed by atoms with Crippen molar-refractivity contribution < 1.29 is 80.2 Å². The van der Waals surface area contributed by atoms with Gasteiger partial charge in [-0.05, 0) is 25.7 Å². The average Bonchev–Trinajstić information content (AvgIpc) is 3.26. The Hall–Kier alpha value is -1.94. The van der Waals surface area contributed by atoms with Crippen LogP contribution in [0.15, 0.2) is 0 Å². The topological polar surface area (TPSA) is 237 Å². The second kappa shape index (κ2) is 65.7. The summed E-state index contributed by atoms with van der Waals surface area (Å²) in [5.74, 6) is -2.12. The Morgan fingerprint density at radius 1 is 0.267 bits per heavy atom. The predicted octanol–water partition coefficient (Wildman–Crippen LogP) is 20.7. The van der Waals surface area contributed by atoms with E-state index in [9.17, 15) is 43.2 Å². The van der Waals surface area contributed by atoms with E-state index in [-0.39, 0.29) is 25.7 Å². The summed E-state index contributed by atoms with van der Waals surface area (Å²) in [6, 6.07) is 0. The zero-order valence-corrected chi connectivity index (χ0v) is 59.9. The first kappa shape index (κ1) is 88.1. The molecule has 0 saturated carbocycles. The van der Waals surface area contributed by atoms with E-state index < -0.39 is 97.5 Å². The van der Waals surface area contributed by atoms with E-state index in [0.717, 1.165) is 89.9 Å². The van der Waals surface area contributed by atoms with E-state index in [1.165, 1.54) is 205 Å². The van der Waals surface area contributed by atoms with Crippen LogP contribution in [0, 0.1) is 0 Å². The number of rotatable bonds is 72. The summed E-state index contributed by atoms with van der Waals surface area (Å²) in [7, 11) is -9.89. The van der Waals surface area contributed by atoms with Crippen molar-refractivity contribution in [1.82, 2.24) is 0 Å². The molecule has 0 bridgehead atoms. The Bertz CT molecular complexity index is 1720. The number of ether oxygens (including phenoxy) is 4. The number of aliphatic hydroxyl groups is 1. The molecule has 0 aliphatic rings. The predicted molar refractivity (Wildman–Crippen MR) is 363 cm³/mol. The highest BCUT2D eigenvalue weighted by Gasteiger charge is 2.30. The monoisotopic (exact) mass is 1320 g/mol. The molecule has 0 aliphatic heterocycles. The Balaban J connectivity index is 5.16. The van der Waals surface area contributed by atoms with Crippen molar-refractivity contribution in [2.24, 2.45) is 0 Å². The molecule has 17 nitrogen and oxygen atoms in total. The van der Waals surface area contributed by atoms with Gasteiger partial charge in [-0.25, -0.2) is 9.13 Å². The van der Waals surface area contributed by atoms with E-state index in [1.807, 2.05) is 0 Å². The molecule has 2 unspecified atom stereocenters. The van der Waals surface area contributed by atoms with Crippen molar-refractivity contribution in [2.45, 2.75) is 393 Å². The molecule has 0 fully saturated rings. The van der Waals surface area contributed by atoms with E-state index in [2.05, 4.69) is 27.7 Å². The molecule has 0 aliphatic carbocycles. The third kappa shape index (κ3) is 64.8. The number of hydrogen-bond acceptors (Lipinski definition) is 15. The maximum Gasteiger partial charge on any atom is 0.472 e. The van der Waals surface area contributed by atoms with Gasteiger partial charge in [0, 0.05) is 25.7 Å². The van der Waals surface area contributed by atoms with E-state index in [4.69, 9.17) is 37.0 Å². The summed E-state index contributed by atoms with van der Waals surface area (Å²) in [6.45, 7) is 4.92. The molecule has 3 N–H and O–H groups in total. The number of carbonyl (C=O) groups is 4. The number of phosphoric ester groups is 2. The molecule has 0 heterocycles. The van der Waals surface area contributed by atoms with E-state index in [1.54, 1.807) is 0 Å². The van der Waals surface area contributed by atoms with Crippen molar-refractivity contribution in [3.05, 3.63) is 0 Å². The zero-order valence-electron chi connectivity index (χ0n) is 58.1. The number of unbranched alkanes of at least 4 members (excludes halogenated alkanes) is 46. The molecule has 0 aromatic heterocycles. The molecular weight excluding hydrogens is 1190 g/mol. The second-order valence-electron chi connectivity index (χ2n) is 25.6. The Kier molecular flexibility index (Phi) is 64.3. The SMILES string of the molecule is CCCCCCCCCCCCCCCCCCCCCCC(=O)O[C@H](COC(=O)CCCCCCCCCCCCCC)COP(=O)(O)OC[C@@H](O)COP(=O)(O)OC[C@@H](COC(=O)CCCCCCCCCCC)OC(=O)CCCCCCCCCCC. The van der Waals surface area contributed by atoms with Gasteiger partial charge in [0.15, 0.2) is 12.2 Å². The summed E-state index contributed by atoms with van der Waals surface area (Å²) >= 11 is 0. The number of esters is 4. The molecule has 0 aromatic rings. The van der Waals surface area contributed by atoms with E-state index >= 15 is 0 Å². The van der Waals surface area contributed by atoms with Gasteiger partial charge in [0.05, 0.1) is 26.4 Å². The average molecular weight is 1330 g/mol. The second-order valence-corrected chi connectivity index (χ2v) is 28.5. The normalized spacial score (nSPS) is 14.0. The first-order valence-electron chi connectivity index (χ1n) is 37.3. The molecule has 0 saturated heterocycles. The third-order valence-corrected chi connectivity index (χ3v) is 18.5. The van der Waals surface area contributed by atoms with Crippen LogP contribution in [0.25, 0.3) is 0 Å². The fourth-order valence-corrected chi connectivity index (χ4v) is 12.4. The molecule has 90 heavy (non-hydrogen) atoms. The fourth-order valence-electron chi connectivity index (χ4n) is 10.9. The molecule has 5 atom stereocenters. The minimum Gasteiger partial charge on any atom is -0.462 e. The summed E-state index contributed by atoms with van der Waals surface area (Å²) in [5.41, 5.74) is 0. The quantitative estimate of drug-likeness (QED) is 0.0222. The Morgan fingerprint density at radius 3 is 0.656 bits per heavy atom. The standard InChI is InChI=1S/C71H138O17P2/c1-5-9-13-17-21-25-27-29-30-31-32-33-34-35-36-38-42-46-50-54-58-71(76)88-67(62-82-69(74)56-52-48-44-41-37-28-26-22-18-14-10-6-2)64-86-90(79,80)84-60-65(72)59-83-89(77,78)85-63-66(87-70(75)57-53-49-45-40-24-20-16-12-8-4)61-81-68(73)55-51-47-43-39-23-19-15-11-7-3/h65-67,72H,5-64H2,1-4H3,(H,77,78)(H,79,80)/t65-,66+,67+/m0/s1. The van der Waals surface area contributed by atoms with Crippen LogP contribution in [0.4, 0.5) is 0 Å². The number of phosphoric acid groups is 2. The molecular formula is C71H138O17P2. The molecule has 0 rings (SSSR count). The van der Waals surface area contributed by atoms with Crippen LogP contribution in [-0.2, 0) is 65.4 Å². The highest BCUT2D eigenvalue weighted by molar-refractivity contribution is 7.47. The van der Waals surface area contributed by atoms with Crippen LogP contribution in [0.2, 0.25) is 0 Å². The van der Waals surface area contributed by atoms with Gasteiger partial charge in [-0.15, -0.1) is 0 Å². The van der Waals surface area contributed by atoms with Crippen molar-refractivity contribution >= 4 is 39.5 Å². The molecule has 0 spiro atoms. The Morgan fingerprint density at radius 2 is 0.444 bits per heavy atom. The number of carbonyl (C=O) groups excluding carboxylic acids is 4. The van der Waals surface area contributed by atoms with Crippen LogP contribution < -0.4 is 0 Å². The van der Waals surface area contributed by atoms with Crippen LogP contribution >= 0.6 is 15.6 Å².